The SMILES string of the molecule is CC(C)=C/C=C1/C(N2CCCCCC2)=NC(c2ccccc2O)=NC1C. The van der Waals surface area contributed by atoms with Gasteiger partial charge in [0.1, 0.15) is 11.6 Å². The molecule has 2 aliphatic rings. The molecule has 0 amide bonds. The lowest BCUT2D eigenvalue weighted by Gasteiger charge is -2.30. The van der Waals surface area contributed by atoms with Crippen LogP contribution in [0.25, 0.3) is 0 Å². The van der Waals surface area contributed by atoms with Crippen LogP contribution in [-0.4, -0.2) is 40.8 Å². The summed E-state index contributed by atoms with van der Waals surface area (Å²) in [5.41, 5.74) is 3.12. The van der Waals surface area contributed by atoms with Crippen LogP contribution in [0.1, 0.15) is 52.0 Å². The first-order valence-electron chi connectivity index (χ1n) is 9.61. The van der Waals surface area contributed by atoms with E-state index in [9.17, 15) is 5.11 Å². The summed E-state index contributed by atoms with van der Waals surface area (Å²) in [6.45, 7) is 8.38. The predicted octanol–water partition coefficient (Wildman–Crippen LogP) is 4.71. The summed E-state index contributed by atoms with van der Waals surface area (Å²) in [5.74, 6) is 1.88. The van der Waals surface area contributed by atoms with Gasteiger partial charge in [-0.15, -0.1) is 0 Å². The van der Waals surface area contributed by atoms with Crippen molar-refractivity contribution in [2.24, 2.45) is 9.98 Å². The molecule has 3 rings (SSSR count). The minimum absolute atomic E-state index is 0.0101. The first kappa shape index (κ1) is 18.4. The Morgan fingerprint density at radius 1 is 1.12 bits per heavy atom. The minimum Gasteiger partial charge on any atom is -0.507 e. The zero-order chi connectivity index (χ0) is 18.5. The van der Waals surface area contributed by atoms with E-state index >= 15 is 0 Å². The van der Waals surface area contributed by atoms with Crippen LogP contribution in [0, 0.1) is 0 Å². The van der Waals surface area contributed by atoms with E-state index in [1.165, 1.54) is 31.3 Å². The Morgan fingerprint density at radius 2 is 1.81 bits per heavy atom. The monoisotopic (exact) mass is 351 g/mol. The lowest BCUT2D eigenvalue weighted by Crippen LogP contribution is -2.38. The molecule has 4 heteroatoms. The smallest absolute Gasteiger partial charge is 0.161 e. The van der Waals surface area contributed by atoms with Gasteiger partial charge in [-0.1, -0.05) is 42.7 Å². The van der Waals surface area contributed by atoms with E-state index in [0.717, 1.165) is 24.5 Å². The number of allylic oxidation sites excluding steroid dienone is 3. The lowest BCUT2D eigenvalue weighted by atomic mass is 10.0. The van der Waals surface area contributed by atoms with Crippen molar-refractivity contribution < 1.29 is 5.11 Å². The zero-order valence-electron chi connectivity index (χ0n) is 16.1. The van der Waals surface area contributed by atoms with Gasteiger partial charge in [0, 0.05) is 18.7 Å². The normalized spacial score (nSPS) is 22.5. The number of para-hydroxylation sites is 1. The highest BCUT2D eigenvalue weighted by Crippen LogP contribution is 2.26. The molecule has 1 saturated heterocycles. The average molecular weight is 351 g/mol. The Bertz CT molecular complexity index is 761. The Labute approximate surface area is 156 Å². The van der Waals surface area contributed by atoms with Gasteiger partial charge in [-0.3, -0.25) is 4.99 Å². The third kappa shape index (κ3) is 4.24. The van der Waals surface area contributed by atoms with Crippen LogP contribution in [0.5, 0.6) is 5.75 Å². The van der Waals surface area contributed by atoms with E-state index in [1.54, 1.807) is 6.07 Å². The van der Waals surface area contributed by atoms with E-state index < -0.39 is 0 Å². The molecule has 2 heterocycles. The van der Waals surface area contributed by atoms with Crippen LogP contribution in [0.2, 0.25) is 0 Å². The number of hydrogen-bond donors (Lipinski definition) is 1. The van der Waals surface area contributed by atoms with Crippen LogP contribution in [-0.2, 0) is 0 Å². The zero-order valence-corrected chi connectivity index (χ0v) is 16.1. The van der Waals surface area contributed by atoms with Gasteiger partial charge in [0.05, 0.1) is 11.6 Å². The maximum Gasteiger partial charge on any atom is 0.161 e. The minimum atomic E-state index is 0.0101. The molecule has 26 heavy (non-hydrogen) atoms. The van der Waals surface area contributed by atoms with E-state index in [1.807, 2.05) is 18.2 Å². The molecule has 0 radical (unpaired) electrons. The molecule has 0 spiro atoms. The first-order valence-corrected chi connectivity index (χ1v) is 9.61. The number of phenols is 1. The number of rotatable bonds is 2. The Hall–Kier alpha value is -2.36. The van der Waals surface area contributed by atoms with Crippen molar-refractivity contribution in [3.8, 4) is 5.75 Å². The molecular weight excluding hydrogens is 322 g/mol. The first-order chi connectivity index (χ1) is 12.6. The molecule has 1 unspecified atom stereocenters. The molecule has 0 saturated carbocycles. The summed E-state index contributed by atoms with van der Waals surface area (Å²) in [6, 6.07) is 7.33. The van der Waals surface area contributed by atoms with Gasteiger partial charge in [0.25, 0.3) is 0 Å². The van der Waals surface area contributed by atoms with Gasteiger partial charge in [-0.25, -0.2) is 4.99 Å². The van der Waals surface area contributed by atoms with E-state index in [2.05, 4.69) is 37.8 Å². The predicted molar refractivity (Wildman–Crippen MR) is 109 cm³/mol. The fraction of sp³-hybridized carbons (Fsp3) is 0.455. The molecule has 2 aliphatic heterocycles. The molecule has 0 bridgehead atoms. The third-order valence-electron chi connectivity index (χ3n) is 4.88. The van der Waals surface area contributed by atoms with Gasteiger partial charge in [-0.2, -0.15) is 0 Å². The van der Waals surface area contributed by atoms with Gasteiger partial charge >= 0.3 is 0 Å². The average Bonchev–Trinajstić information content (AvgIpc) is 2.89. The van der Waals surface area contributed by atoms with Crippen LogP contribution >= 0.6 is 0 Å². The summed E-state index contributed by atoms with van der Waals surface area (Å²) >= 11 is 0. The summed E-state index contributed by atoms with van der Waals surface area (Å²) in [6.07, 6.45) is 9.27. The molecule has 0 aliphatic carbocycles. The topological polar surface area (TPSA) is 48.2 Å². The quantitative estimate of drug-likeness (QED) is 0.839. The van der Waals surface area contributed by atoms with Crippen molar-refractivity contribution in [2.45, 2.75) is 52.5 Å². The molecule has 0 aromatic heterocycles. The van der Waals surface area contributed by atoms with E-state index in [4.69, 9.17) is 9.98 Å². The molecule has 4 nitrogen and oxygen atoms in total. The number of aromatic hydroxyl groups is 1. The highest BCUT2D eigenvalue weighted by molar-refractivity contribution is 6.15. The van der Waals surface area contributed by atoms with Crippen molar-refractivity contribution in [3.05, 3.63) is 53.1 Å². The maximum atomic E-state index is 10.2. The molecule has 1 fully saturated rings. The highest BCUT2D eigenvalue weighted by atomic mass is 16.3. The van der Waals surface area contributed by atoms with Crippen LogP contribution in [0.15, 0.2) is 57.5 Å². The Balaban J connectivity index is 2.04. The van der Waals surface area contributed by atoms with Crippen LogP contribution in [0.4, 0.5) is 0 Å². The highest BCUT2D eigenvalue weighted by Gasteiger charge is 2.26. The second kappa shape index (κ2) is 8.35. The summed E-state index contributed by atoms with van der Waals surface area (Å²) in [5, 5.41) is 10.2. The van der Waals surface area contributed by atoms with Crippen molar-refractivity contribution in [1.82, 2.24) is 4.90 Å². The molecular formula is C22H29N3O. The van der Waals surface area contributed by atoms with Gasteiger partial charge in [-0.05, 0) is 45.7 Å². The molecule has 1 aromatic rings. The number of nitrogens with zero attached hydrogens (tertiary/aromatic N) is 3. The van der Waals surface area contributed by atoms with E-state index in [0.29, 0.717) is 11.4 Å². The fourth-order valence-electron chi connectivity index (χ4n) is 3.43. The largest absolute Gasteiger partial charge is 0.507 e. The lowest BCUT2D eigenvalue weighted by molar-refractivity contribution is 0.432. The molecule has 1 aromatic carbocycles. The summed E-state index contributed by atoms with van der Waals surface area (Å²) < 4.78 is 0. The van der Waals surface area contributed by atoms with Crippen LogP contribution < -0.4 is 0 Å². The Morgan fingerprint density at radius 3 is 2.46 bits per heavy atom. The number of amidine groups is 2. The van der Waals surface area contributed by atoms with E-state index in [-0.39, 0.29) is 11.8 Å². The van der Waals surface area contributed by atoms with Crippen LogP contribution in [0.3, 0.4) is 0 Å². The van der Waals surface area contributed by atoms with Gasteiger partial charge in [0.15, 0.2) is 5.84 Å². The second-order valence-corrected chi connectivity index (χ2v) is 7.35. The number of aliphatic imine (C=N–C) groups is 2. The van der Waals surface area contributed by atoms with Crippen molar-refractivity contribution >= 4 is 11.7 Å². The maximum absolute atomic E-state index is 10.2. The second-order valence-electron chi connectivity index (χ2n) is 7.35. The standard InChI is InChI=1S/C22H29N3O/c1-16(2)12-13-18-17(3)23-21(19-10-6-7-11-20(19)26)24-22(18)25-14-8-4-5-9-15-25/h6-7,10-13,17,26H,4-5,8-9,14-15H2,1-3H3/b18-13+. The fourth-order valence-corrected chi connectivity index (χ4v) is 3.43. The van der Waals surface area contributed by atoms with Crippen molar-refractivity contribution in [1.29, 1.82) is 0 Å². The number of likely N-dealkylation sites (tertiary alicyclic amines) is 1. The van der Waals surface area contributed by atoms with Crippen molar-refractivity contribution in [2.75, 3.05) is 13.1 Å². The number of benzene rings is 1. The van der Waals surface area contributed by atoms with Gasteiger partial charge < -0.3 is 10.0 Å². The molecule has 1 atom stereocenters. The van der Waals surface area contributed by atoms with Gasteiger partial charge in [0.2, 0.25) is 0 Å². The van der Waals surface area contributed by atoms with Crippen molar-refractivity contribution in [3.63, 3.8) is 0 Å². The Kier molecular flexibility index (Phi) is 5.92. The molecule has 138 valence electrons. The summed E-state index contributed by atoms with van der Waals surface area (Å²) in [4.78, 5) is 12.1. The third-order valence-corrected chi connectivity index (χ3v) is 4.88. The summed E-state index contributed by atoms with van der Waals surface area (Å²) in [7, 11) is 0. The molecule has 1 N–H and O–H groups in total. The number of phenolic OH excluding ortho intramolecular Hbond substituents is 1. The number of hydrogen-bond acceptors (Lipinski definition) is 4.